The summed E-state index contributed by atoms with van der Waals surface area (Å²) in [6.07, 6.45) is 1.95. The zero-order valence-electron chi connectivity index (χ0n) is 15.5. The maximum absolute atomic E-state index is 12.9. The third kappa shape index (κ3) is 4.94. The standard InChI is InChI=1S/C23H23NO2S/c1-18-13-15-22(16-14-18)27(25,26)24-23(21-11-7-4-8-12-21)17-19(2)20-9-5-3-6-10-20/h3-17,23-24H,1-2H3/b19-17+/t23-/m1/s1. The molecule has 3 aromatic carbocycles. The minimum atomic E-state index is -3.65. The number of hydrogen-bond donors (Lipinski definition) is 1. The maximum Gasteiger partial charge on any atom is 0.241 e. The van der Waals surface area contributed by atoms with E-state index in [1.165, 1.54) is 0 Å². The van der Waals surface area contributed by atoms with E-state index in [1.807, 2.05) is 80.6 Å². The Hall–Kier alpha value is -2.69. The molecule has 0 aliphatic rings. The van der Waals surface area contributed by atoms with Crippen LogP contribution >= 0.6 is 0 Å². The van der Waals surface area contributed by atoms with E-state index < -0.39 is 16.1 Å². The van der Waals surface area contributed by atoms with Gasteiger partial charge in [0.2, 0.25) is 10.0 Å². The van der Waals surface area contributed by atoms with Crippen LogP contribution < -0.4 is 4.72 Å². The van der Waals surface area contributed by atoms with E-state index in [0.29, 0.717) is 0 Å². The summed E-state index contributed by atoms with van der Waals surface area (Å²) in [4.78, 5) is 0.264. The van der Waals surface area contributed by atoms with Crippen molar-refractivity contribution in [1.82, 2.24) is 4.72 Å². The maximum atomic E-state index is 12.9. The SMILES string of the molecule is C/C(=C\[C@@H](NS(=O)(=O)c1ccc(C)cc1)c1ccccc1)c1ccccc1. The molecule has 3 nitrogen and oxygen atoms in total. The molecule has 0 unspecified atom stereocenters. The van der Waals surface area contributed by atoms with E-state index in [9.17, 15) is 8.42 Å². The van der Waals surface area contributed by atoms with Gasteiger partial charge in [0.1, 0.15) is 0 Å². The molecule has 27 heavy (non-hydrogen) atoms. The predicted octanol–water partition coefficient (Wildman–Crippen LogP) is 5.12. The molecule has 0 saturated heterocycles. The molecular weight excluding hydrogens is 354 g/mol. The van der Waals surface area contributed by atoms with E-state index in [1.54, 1.807) is 24.3 Å². The Labute approximate surface area is 161 Å². The number of hydrogen-bond acceptors (Lipinski definition) is 2. The van der Waals surface area contributed by atoms with Crippen molar-refractivity contribution in [2.45, 2.75) is 24.8 Å². The van der Waals surface area contributed by atoms with Gasteiger partial charge >= 0.3 is 0 Å². The van der Waals surface area contributed by atoms with Crippen LogP contribution in [0.25, 0.3) is 5.57 Å². The molecular formula is C23H23NO2S. The van der Waals surface area contributed by atoms with Crippen molar-refractivity contribution in [3.05, 3.63) is 108 Å². The summed E-state index contributed by atoms with van der Waals surface area (Å²) in [6, 6.07) is 25.9. The Kier molecular flexibility index (Phi) is 5.89. The molecule has 0 saturated carbocycles. The zero-order valence-corrected chi connectivity index (χ0v) is 16.3. The molecule has 0 bridgehead atoms. The average Bonchev–Trinajstić information content (AvgIpc) is 2.69. The molecule has 0 amide bonds. The topological polar surface area (TPSA) is 46.2 Å². The first-order valence-corrected chi connectivity index (χ1v) is 10.3. The fraction of sp³-hybridized carbons (Fsp3) is 0.130. The van der Waals surface area contributed by atoms with Crippen molar-refractivity contribution in [2.24, 2.45) is 0 Å². The van der Waals surface area contributed by atoms with E-state index in [2.05, 4.69) is 4.72 Å². The van der Waals surface area contributed by atoms with Crippen LogP contribution in [0.3, 0.4) is 0 Å². The second kappa shape index (κ2) is 8.33. The van der Waals surface area contributed by atoms with E-state index in [4.69, 9.17) is 0 Å². The van der Waals surface area contributed by atoms with Crippen LogP contribution in [0.2, 0.25) is 0 Å². The molecule has 3 aromatic rings. The smallest absolute Gasteiger partial charge is 0.207 e. The summed E-state index contributed by atoms with van der Waals surface area (Å²) in [6.45, 7) is 3.92. The van der Waals surface area contributed by atoms with Crippen LogP contribution in [-0.4, -0.2) is 8.42 Å². The highest BCUT2D eigenvalue weighted by molar-refractivity contribution is 7.89. The molecule has 3 rings (SSSR count). The monoisotopic (exact) mass is 377 g/mol. The van der Waals surface area contributed by atoms with Crippen LogP contribution in [0.1, 0.15) is 29.7 Å². The van der Waals surface area contributed by atoms with Crippen molar-refractivity contribution in [3.8, 4) is 0 Å². The lowest BCUT2D eigenvalue weighted by molar-refractivity contribution is 0.574. The molecule has 0 spiro atoms. The van der Waals surface area contributed by atoms with Gasteiger partial charge in [0.05, 0.1) is 10.9 Å². The van der Waals surface area contributed by atoms with Crippen LogP contribution in [0, 0.1) is 6.92 Å². The first-order valence-electron chi connectivity index (χ1n) is 8.83. The lowest BCUT2D eigenvalue weighted by Crippen LogP contribution is -2.27. The van der Waals surface area contributed by atoms with Gasteiger partial charge in [0.25, 0.3) is 0 Å². The Morgan fingerprint density at radius 1 is 0.852 bits per heavy atom. The minimum Gasteiger partial charge on any atom is -0.207 e. The summed E-state index contributed by atoms with van der Waals surface area (Å²) >= 11 is 0. The number of benzene rings is 3. The molecule has 0 heterocycles. The fourth-order valence-electron chi connectivity index (χ4n) is 2.86. The summed E-state index contributed by atoms with van der Waals surface area (Å²) in [5, 5.41) is 0. The fourth-order valence-corrected chi connectivity index (χ4v) is 4.03. The molecule has 0 aliphatic carbocycles. The Bertz CT molecular complexity index is 1010. The summed E-state index contributed by atoms with van der Waals surface area (Å²) in [5.74, 6) is 0. The molecule has 0 aliphatic heterocycles. The number of aryl methyl sites for hydroxylation is 1. The number of sulfonamides is 1. The largest absolute Gasteiger partial charge is 0.241 e. The van der Waals surface area contributed by atoms with E-state index >= 15 is 0 Å². The lowest BCUT2D eigenvalue weighted by Gasteiger charge is -2.17. The van der Waals surface area contributed by atoms with Crippen LogP contribution in [-0.2, 0) is 10.0 Å². The van der Waals surface area contributed by atoms with E-state index in [-0.39, 0.29) is 4.90 Å². The van der Waals surface area contributed by atoms with Crippen molar-refractivity contribution in [2.75, 3.05) is 0 Å². The van der Waals surface area contributed by atoms with Gasteiger partial charge in [-0.2, -0.15) is 4.72 Å². The normalized spacial score (nSPS) is 13.3. The highest BCUT2D eigenvalue weighted by atomic mass is 32.2. The first-order chi connectivity index (χ1) is 13.0. The van der Waals surface area contributed by atoms with Gasteiger partial charge in [0.15, 0.2) is 0 Å². The first kappa shape index (κ1) is 19.1. The quantitative estimate of drug-likeness (QED) is 0.648. The van der Waals surface area contributed by atoms with Crippen molar-refractivity contribution < 1.29 is 8.42 Å². The third-order valence-electron chi connectivity index (χ3n) is 4.42. The van der Waals surface area contributed by atoms with E-state index in [0.717, 1.165) is 22.3 Å². The van der Waals surface area contributed by atoms with Gasteiger partial charge < -0.3 is 0 Å². The molecule has 0 fully saturated rings. The predicted molar refractivity (Wildman–Crippen MR) is 111 cm³/mol. The Balaban J connectivity index is 1.97. The Morgan fingerprint density at radius 3 is 2.00 bits per heavy atom. The second-order valence-corrected chi connectivity index (χ2v) is 8.25. The molecule has 138 valence electrons. The second-order valence-electron chi connectivity index (χ2n) is 6.54. The van der Waals surface area contributed by atoms with Crippen molar-refractivity contribution in [3.63, 3.8) is 0 Å². The molecule has 0 radical (unpaired) electrons. The number of rotatable bonds is 6. The molecule has 4 heteroatoms. The van der Waals surface area contributed by atoms with Gasteiger partial charge in [-0.05, 0) is 42.7 Å². The van der Waals surface area contributed by atoms with Gasteiger partial charge in [-0.25, -0.2) is 8.42 Å². The summed E-state index contributed by atoms with van der Waals surface area (Å²) in [5.41, 5.74) is 3.99. The molecule has 1 N–H and O–H groups in total. The highest BCUT2D eigenvalue weighted by Gasteiger charge is 2.20. The average molecular weight is 378 g/mol. The summed E-state index contributed by atoms with van der Waals surface area (Å²) < 4.78 is 28.7. The van der Waals surface area contributed by atoms with Gasteiger partial charge in [-0.1, -0.05) is 84.4 Å². The van der Waals surface area contributed by atoms with Crippen LogP contribution in [0.5, 0.6) is 0 Å². The van der Waals surface area contributed by atoms with Crippen LogP contribution in [0.15, 0.2) is 95.9 Å². The van der Waals surface area contributed by atoms with Crippen molar-refractivity contribution >= 4 is 15.6 Å². The molecule has 0 aromatic heterocycles. The Morgan fingerprint density at radius 2 is 1.41 bits per heavy atom. The third-order valence-corrected chi connectivity index (χ3v) is 5.87. The van der Waals surface area contributed by atoms with Gasteiger partial charge in [0, 0.05) is 0 Å². The molecule has 1 atom stereocenters. The highest BCUT2D eigenvalue weighted by Crippen LogP contribution is 2.23. The van der Waals surface area contributed by atoms with Gasteiger partial charge in [-0.3, -0.25) is 0 Å². The lowest BCUT2D eigenvalue weighted by atomic mass is 10.0. The van der Waals surface area contributed by atoms with Crippen LogP contribution in [0.4, 0.5) is 0 Å². The minimum absolute atomic E-state index is 0.264. The zero-order chi connectivity index (χ0) is 19.3. The number of nitrogens with one attached hydrogen (secondary N) is 1. The summed E-state index contributed by atoms with van der Waals surface area (Å²) in [7, 11) is -3.65. The number of allylic oxidation sites excluding steroid dienone is 1. The van der Waals surface area contributed by atoms with Gasteiger partial charge in [-0.15, -0.1) is 0 Å². The van der Waals surface area contributed by atoms with Crippen molar-refractivity contribution in [1.29, 1.82) is 0 Å².